The van der Waals surface area contributed by atoms with Gasteiger partial charge in [-0.1, -0.05) is 18.2 Å². The number of aryl methyl sites for hydroxylation is 4. The van der Waals surface area contributed by atoms with Gasteiger partial charge in [-0.05, 0) is 62.7 Å². The largest absolute Gasteiger partial charge is 0.466 e. The van der Waals surface area contributed by atoms with Crippen LogP contribution in [0.2, 0.25) is 0 Å². The summed E-state index contributed by atoms with van der Waals surface area (Å²) in [6.45, 7) is 7.07. The van der Waals surface area contributed by atoms with Gasteiger partial charge in [0.25, 0.3) is 11.1 Å². The first kappa shape index (κ1) is 19.0. The van der Waals surface area contributed by atoms with Gasteiger partial charge in [-0.25, -0.2) is 0 Å². The number of furan rings is 1. The Bertz CT molecular complexity index is 954. The lowest BCUT2D eigenvalue weighted by Gasteiger charge is -2.15. The first-order valence-electron chi connectivity index (χ1n) is 8.44. The summed E-state index contributed by atoms with van der Waals surface area (Å²) in [6, 6.07) is 7.49. The number of thioether (sulfide) groups is 1. The number of imide groups is 1. The first-order chi connectivity index (χ1) is 12.8. The molecule has 1 aromatic carbocycles. The zero-order valence-corrected chi connectivity index (χ0v) is 16.4. The molecule has 3 rings (SSSR count). The molecule has 0 saturated carbocycles. The number of nitrogens with zero attached hydrogens (tertiary/aromatic N) is 1. The quantitative estimate of drug-likeness (QED) is 0.800. The monoisotopic (exact) mass is 384 g/mol. The number of benzene rings is 1. The van der Waals surface area contributed by atoms with Gasteiger partial charge in [-0.15, -0.1) is 0 Å². The lowest BCUT2D eigenvalue weighted by molar-refractivity contribution is -0.127. The van der Waals surface area contributed by atoms with Crippen molar-refractivity contribution in [2.75, 3.05) is 11.9 Å². The lowest BCUT2D eigenvalue weighted by Crippen LogP contribution is -2.36. The Kier molecular flexibility index (Phi) is 5.23. The van der Waals surface area contributed by atoms with Crippen LogP contribution in [-0.2, 0) is 9.59 Å². The Morgan fingerprint density at radius 3 is 2.44 bits per heavy atom. The Labute approximate surface area is 161 Å². The van der Waals surface area contributed by atoms with Crippen molar-refractivity contribution >= 4 is 40.6 Å². The van der Waals surface area contributed by atoms with Crippen molar-refractivity contribution in [2.24, 2.45) is 0 Å². The van der Waals surface area contributed by atoms with Crippen LogP contribution < -0.4 is 5.32 Å². The SMILES string of the molecule is Cc1cc(/C=C2\SC(=O)N(CC(=O)Nc3c(C)cccc3C)C2=O)c(C)o1. The Morgan fingerprint density at radius 2 is 1.85 bits per heavy atom. The van der Waals surface area contributed by atoms with Crippen LogP contribution in [0.15, 0.2) is 33.6 Å². The molecule has 0 bridgehead atoms. The number of hydrogen-bond acceptors (Lipinski definition) is 5. The van der Waals surface area contributed by atoms with Crippen LogP contribution in [0.1, 0.15) is 28.2 Å². The third kappa shape index (κ3) is 3.98. The molecule has 6 nitrogen and oxygen atoms in total. The molecule has 1 fully saturated rings. The summed E-state index contributed by atoms with van der Waals surface area (Å²) in [6.07, 6.45) is 1.63. The number of nitrogens with one attached hydrogen (secondary N) is 1. The molecule has 1 aliphatic rings. The van der Waals surface area contributed by atoms with E-state index in [1.807, 2.05) is 39.0 Å². The number of rotatable bonds is 4. The van der Waals surface area contributed by atoms with Crippen molar-refractivity contribution < 1.29 is 18.8 Å². The van der Waals surface area contributed by atoms with Gasteiger partial charge in [0.15, 0.2) is 0 Å². The van der Waals surface area contributed by atoms with E-state index in [9.17, 15) is 14.4 Å². The van der Waals surface area contributed by atoms with Crippen LogP contribution >= 0.6 is 11.8 Å². The Balaban J connectivity index is 1.74. The third-order valence-electron chi connectivity index (χ3n) is 4.29. The van der Waals surface area contributed by atoms with Crippen molar-refractivity contribution in [2.45, 2.75) is 27.7 Å². The maximum absolute atomic E-state index is 12.6. The summed E-state index contributed by atoms with van der Waals surface area (Å²) in [7, 11) is 0. The minimum absolute atomic E-state index is 0.281. The standard InChI is InChI=1S/C20H20N2O4S/c1-11-6-5-7-12(2)18(11)21-17(23)10-22-19(24)16(27-20(22)25)9-15-8-13(3)26-14(15)4/h5-9H,10H2,1-4H3,(H,21,23)/b16-9-. The molecule has 140 valence electrons. The van der Waals surface area contributed by atoms with Crippen molar-refractivity contribution in [3.63, 3.8) is 0 Å². The minimum Gasteiger partial charge on any atom is -0.466 e. The molecule has 7 heteroatoms. The van der Waals surface area contributed by atoms with Gasteiger partial charge < -0.3 is 9.73 Å². The first-order valence-corrected chi connectivity index (χ1v) is 9.26. The Morgan fingerprint density at radius 1 is 1.19 bits per heavy atom. The highest BCUT2D eigenvalue weighted by Crippen LogP contribution is 2.33. The highest BCUT2D eigenvalue weighted by Gasteiger charge is 2.36. The average molecular weight is 384 g/mol. The minimum atomic E-state index is -0.472. The van der Waals surface area contributed by atoms with Crippen LogP contribution in [0.3, 0.4) is 0 Å². The second-order valence-corrected chi connectivity index (χ2v) is 7.44. The predicted octanol–water partition coefficient (Wildman–Crippen LogP) is 4.19. The van der Waals surface area contributed by atoms with E-state index in [-0.39, 0.29) is 11.4 Å². The van der Waals surface area contributed by atoms with Crippen LogP contribution in [0, 0.1) is 27.7 Å². The third-order valence-corrected chi connectivity index (χ3v) is 5.19. The van der Waals surface area contributed by atoms with Gasteiger partial charge in [-0.3, -0.25) is 19.3 Å². The molecule has 2 aromatic rings. The molecular formula is C20H20N2O4S. The molecule has 1 saturated heterocycles. The van der Waals surface area contributed by atoms with Crippen molar-refractivity contribution in [1.29, 1.82) is 0 Å². The smallest absolute Gasteiger partial charge is 0.294 e. The van der Waals surface area contributed by atoms with E-state index < -0.39 is 17.1 Å². The van der Waals surface area contributed by atoms with E-state index in [4.69, 9.17) is 4.42 Å². The molecule has 0 radical (unpaired) electrons. The predicted molar refractivity (Wildman–Crippen MR) is 105 cm³/mol. The van der Waals surface area contributed by atoms with E-state index in [0.717, 1.165) is 39.1 Å². The maximum atomic E-state index is 12.6. The van der Waals surface area contributed by atoms with Crippen molar-refractivity contribution in [1.82, 2.24) is 4.90 Å². The highest BCUT2D eigenvalue weighted by atomic mass is 32.2. The summed E-state index contributed by atoms with van der Waals surface area (Å²) in [4.78, 5) is 38.4. The zero-order chi connectivity index (χ0) is 19.7. The van der Waals surface area contributed by atoms with Crippen LogP contribution in [0.5, 0.6) is 0 Å². The number of hydrogen-bond donors (Lipinski definition) is 1. The topological polar surface area (TPSA) is 79.6 Å². The molecule has 0 spiro atoms. The van der Waals surface area contributed by atoms with Gasteiger partial charge in [-0.2, -0.15) is 0 Å². The summed E-state index contributed by atoms with van der Waals surface area (Å²) >= 11 is 0.826. The van der Waals surface area contributed by atoms with Gasteiger partial charge >= 0.3 is 0 Å². The number of para-hydroxylation sites is 1. The van der Waals surface area contributed by atoms with Crippen LogP contribution in [0.25, 0.3) is 6.08 Å². The van der Waals surface area contributed by atoms with E-state index >= 15 is 0 Å². The number of amides is 3. The highest BCUT2D eigenvalue weighted by molar-refractivity contribution is 8.18. The number of carbonyl (C=O) groups excluding carboxylic acids is 3. The van der Waals surface area contributed by atoms with Gasteiger partial charge in [0, 0.05) is 11.3 Å². The van der Waals surface area contributed by atoms with E-state index in [0.29, 0.717) is 11.4 Å². The van der Waals surface area contributed by atoms with Crippen molar-refractivity contribution in [3.8, 4) is 0 Å². The molecule has 1 aromatic heterocycles. The molecule has 3 amide bonds. The fraction of sp³-hybridized carbons (Fsp3) is 0.250. The number of carbonyl (C=O) groups is 3. The second kappa shape index (κ2) is 7.44. The van der Waals surface area contributed by atoms with Gasteiger partial charge in [0.05, 0.1) is 4.91 Å². The molecule has 2 heterocycles. The summed E-state index contributed by atoms with van der Waals surface area (Å²) in [5.74, 6) is 0.518. The van der Waals surface area contributed by atoms with E-state index in [2.05, 4.69) is 5.32 Å². The average Bonchev–Trinajstić information content (AvgIpc) is 3.04. The van der Waals surface area contributed by atoms with Crippen LogP contribution in [-0.4, -0.2) is 28.5 Å². The lowest BCUT2D eigenvalue weighted by atomic mass is 10.1. The summed E-state index contributed by atoms with van der Waals surface area (Å²) in [5.41, 5.74) is 3.29. The summed E-state index contributed by atoms with van der Waals surface area (Å²) < 4.78 is 5.44. The molecular weight excluding hydrogens is 364 g/mol. The molecule has 0 unspecified atom stereocenters. The fourth-order valence-corrected chi connectivity index (χ4v) is 3.73. The van der Waals surface area contributed by atoms with Crippen molar-refractivity contribution in [3.05, 3.63) is 57.4 Å². The molecule has 1 aliphatic heterocycles. The molecule has 1 N–H and O–H groups in total. The molecule has 27 heavy (non-hydrogen) atoms. The van der Waals surface area contributed by atoms with Crippen LogP contribution in [0.4, 0.5) is 10.5 Å². The molecule has 0 atom stereocenters. The number of anilines is 1. The van der Waals surface area contributed by atoms with Gasteiger partial charge in [0.2, 0.25) is 5.91 Å². The molecule has 0 aliphatic carbocycles. The summed E-state index contributed by atoms with van der Waals surface area (Å²) in [5, 5.41) is 2.34. The zero-order valence-electron chi connectivity index (χ0n) is 15.6. The van der Waals surface area contributed by atoms with Gasteiger partial charge in [0.1, 0.15) is 18.1 Å². The maximum Gasteiger partial charge on any atom is 0.294 e. The Hall–Kier alpha value is -2.80. The van der Waals surface area contributed by atoms with E-state index in [1.165, 1.54) is 0 Å². The normalized spacial score (nSPS) is 15.7. The second-order valence-electron chi connectivity index (χ2n) is 6.45. The fourth-order valence-electron chi connectivity index (χ4n) is 2.91. The van der Waals surface area contributed by atoms with E-state index in [1.54, 1.807) is 19.1 Å².